The highest BCUT2D eigenvalue weighted by Gasteiger charge is 2.65. The second kappa shape index (κ2) is 4.85. The molecule has 0 radical (unpaired) electrons. The summed E-state index contributed by atoms with van der Waals surface area (Å²) in [5, 5.41) is 19.8. The molecular weight excluding hydrogens is 282 g/mol. The van der Waals surface area contributed by atoms with Crippen LogP contribution in [0.15, 0.2) is 11.6 Å². The van der Waals surface area contributed by atoms with Gasteiger partial charge in [-0.2, -0.15) is 5.26 Å². The molecule has 0 bridgehead atoms. The summed E-state index contributed by atoms with van der Waals surface area (Å²) in [6, 6.07) is 2.70. The lowest BCUT2D eigenvalue weighted by Gasteiger charge is -2.54. The number of nitriles is 1. The maximum atomic E-state index is 10.1. The van der Waals surface area contributed by atoms with Gasteiger partial charge in [0.05, 0.1) is 18.1 Å². The minimum atomic E-state index is -0.174. The first-order chi connectivity index (χ1) is 11.2. The molecule has 0 aromatic carbocycles. The Morgan fingerprint density at radius 1 is 1.17 bits per heavy atom. The number of nitrogens with zero attached hydrogens (tertiary/aromatic N) is 1. The monoisotopic (exact) mass is 311 g/mol. The predicted octanol–water partition coefficient (Wildman–Crippen LogP) is 4.31. The zero-order valence-electron chi connectivity index (χ0n) is 14.2. The number of hydrogen-bond acceptors (Lipinski definition) is 2. The SMILES string of the molecule is CCC12CCC3C4CCC(O)C=C4C4CC4C3C1CCC2C#N. The molecule has 1 N–H and O–H groups in total. The summed E-state index contributed by atoms with van der Waals surface area (Å²) in [6.45, 7) is 2.35. The highest BCUT2D eigenvalue weighted by molar-refractivity contribution is 5.30. The standard InChI is InChI=1S/C21H29NO/c1-2-21-8-7-15-14-5-4-13(23)9-16(14)17-10-18(17)20(15)19(21)6-3-12(21)11-22/h9,12-15,17-20,23H,2-8,10H2,1H3. The fraction of sp³-hybridized carbons (Fsp3) is 0.857. The van der Waals surface area contributed by atoms with Crippen molar-refractivity contribution in [1.82, 2.24) is 0 Å². The number of rotatable bonds is 1. The summed E-state index contributed by atoms with van der Waals surface area (Å²) in [4.78, 5) is 0. The second-order valence-corrected chi connectivity index (χ2v) is 9.16. The van der Waals surface area contributed by atoms with Crippen molar-refractivity contribution in [2.75, 3.05) is 0 Å². The lowest BCUT2D eigenvalue weighted by molar-refractivity contribution is -0.0358. The molecule has 5 aliphatic carbocycles. The van der Waals surface area contributed by atoms with Gasteiger partial charge in [0, 0.05) is 0 Å². The van der Waals surface area contributed by atoms with Crippen LogP contribution in [0.1, 0.15) is 58.3 Å². The first-order valence-electron chi connectivity index (χ1n) is 9.99. The molecule has 5 rings (SSSR count). The van der Waals surface area contributed by atoms with Crippen molar-refractivity contribution >= 4 is 0 Å². The Labute approximate surface area is 140 Å². The van der Waals surface area contributed by atoms with Crippen LogP contribution in [0.5, 0.6) is 0 Å². The van der Waals surface area contributed by atoms with E-state index in [4.69, 9.17) is 0 Å². The zero-order chi connectivity index (χ0) is 15.8. The Morgan fingerprint density at radius 2 is 2.04 bits per heavy atom. The molecule has 124 valence electrons. The molecule has 0 heterocycles. The number of aliphatic hydroxyl groups is 1. The van der Waals surface area contributed by atoms with E-state index in [9.17, 15) is 10.4 Å². The third-order valence-electron chi connectivity index (χ3n) is 8.78. The minimum absolute atomic E-state index is 0.174. The molecular formula is C21H29NO. The maximum Gasteiger partial charge on any atom is 0.0723 e. The van der Waals surface area contributed by atoms with Crippen LogP contribution in [0.2, 0.25) is 0 Å². The molecule has 2 heteroatoms. The normalized spacial score (nSPS) is 56.5. The van der Waals surface area contributed by atoms with Crippen molar-refractivity contribution in [3.8, 4) is 6.07 Å². The van der Waals surface area contributed by atoms with Gasteiger partial charge in [-0.1, -0.05) is 18.6 Å². The average molecular weight is 311 g/mol. The van der Waals surface area contributed by atoms with E-state index < -0.39 is 0 Å². The number of hydrogen-bond donors (Lipinski definition) is 1. The smallest absolute Gasteiger partial charge is 0.0723 e. The lowest BCUT2D eigenvalue weighted by Crippen LogP contribution is -2.48. The fourth-order valence-electron chi connectivity index (χ4n) is 7.83. The van der Waals surface area contributed by atoms with Gasteiger partial charge in [0.25, 0.3) is 0 Å². The third kappa shape index (κ3) is 1.78. The minimum Gasteiger partial charge on any atom is -0.389 e. The number of aliphatic hydroxyl groups excluding tert-OH is 1. The first kappa shape index (κ1) is 14.5. The van der Waals surface area contributed by atoms with Crippen LogP contribution in [-0.2, 0) is 0 Å². The fourth-order valence-corrected chi connectivity index (χ4v) is 7.83. The molecule has 0 aromatic heterocycles. The van der Waals surface area contributed by atoms with Gasteiger partial charge in [0.15, 0.2) is 0 Å². The zero-order valence-corrected chi connectivity index (χ0v) is 14.2. The summed E-state index contributed by atoms with van der Waals surface area (Å²) in [5.41, 5.74) is 1.99. The highest BCUT2D eigenvalue weighted by Crippen LogP contribution is 2.72. The molecule has 23 heavy (non-hydrogen) atoms. The van der Waals surface area contributed by atoms with Crippen LogP contribution in [0.25, 0.3) is 0 Å². The maximum absolute atomic E-state index is 10.1. The Balaban J connectivity index is 1.52. The molecule has 4 fully saturated rings. The van der Waals surface area contributed by atoms with Crippen molar-refractivity contribution in [2.45, 2.75) is 64.4 Å². The summed E-state index contributed by atoms with van der Waals surface area (Å²) >= 11 is 0. The van der Waals surface area contributed by atoms with Crippen LogP contribution in [-0.4, -0.2) is 11.2 Å². The van der Waals surface area contributed by atoms with Gasteiger partial charge in [0.1, 0.15) is 0 Å². The Bertz CT molecular complexity index is 589. The van der Waals surface area contributed by atoms with Gasteiger partial charge in [-0.15, -0.1) is 0 Å². The topological polar surface area (TPSA) is 44.0 Å². The molecule has 0 saturated heterocycles. The van der Waals surface area contributed by atoms with E-state index in [2.05, 4.69) is 19.1 Å². The molecule has 5 aliphatic rings. The summed E-state index contributed by atoms with van der Waals surface area (Å²) in [7, 11) is 0. The largest absolute Gasteiger partial charge is 0.389 e. The van der Waals surface area contributed by atoms with E-state index in [0.29, 0.717) is 11.3 Å². The van der Waals surface area contributed by atoms with Gasteiger partial charge in [-0.25, -0.2) is 0 Å². The van der Waals surface area contributed by atoms with Gasteiger partial charge < -0.3 is 5.11 Å². The molecule has 0 amide bonds. The van der Waals surface area contributed by atoms with Crippen LogP contribution in [0, 0.1) is 58.2 Å². The van der Waals surface area contributed by atoms with Crippen LogP contribution >= 0.6 is 0 Å². The van der Waals surface area contributed by atoms with E-state index in [-0.39, 0.29) is 6.10 Å². The quantitative estimate of drug-likeness (QED) is 0.734. The molecule has 9 atom stereocenters. The third-order valence-corrected chi connectivity index (χ3v) is 8.78. The van der Waals surface area contributed by atoms with Gasteiger partial charge >= 0.3 is 0 Å². The van der Waals surface area contributed by atoms with E-state index >= 15 is 0 Å². The van der Waals surface area contributed by atoms with E-state index in [1.165, 1.54) is 38.5 Å². The molecule has 9 unspecified atom stereocenters. The van der Waals surface area contributed by atoms with E-state index in [1.807, 2.05) is 0 Å². The summed E-state index contributed by atoms with van der Waals surface area (Å²) < 4.78 is 0. The van der Waals surface area contributed by atoms with Gasteiger partial charge in [-0.05, 0) is 92.3 Å². The van der Waals surface area contributed by atoms with Gasteiger partial charge in [0.2, 0.25) is 0 Å². The number of fused-ring (bicyclic) bond motifs is 8. The van der Waals surface area contributed by atoms with Crippen molar-refractivity contribution in [2.24, 2.45) is 46.8 Å². The first-order valence-corrected chi connectivity index (χ1v) is 9.99. The second-order valence-electron chi connectivity index (χ2n) is 9.16. The lowest BCUT2D eigenvalue weighted by atomic mass is 9.50. The van der Waals surface area contributed by atoms with Crippen molar-refractivity contribution < 1.29 is 5.11 Å². The molecule has 0 aliphatic heterocycles. The van der Waals surface area contributed by atoms with Gasteiger partial charge in [-0.3, -0.25) is 0 Å². The number of allylic oxidation sites excluding steroid dienone is 1. The van der Waals surface area contributed by atoms with Crippen LogP contribution < -0.4 is 0 Å². The van der Waals surface area contributed by atoms with Crippen molar-refractivity contribution in [1.29, 1.82) is 5.26 Å². The summed E-state index contributed by atoms with van der Waals surface area (Å²) in [5.74, 6) is 5.35. The van der Waals surface area contributed by atoms with E-state index in [0.717, 1.165) is 48.3 Å². The van der Waals surface area contributed by atoms with Crippen molar-refractivity contribution in [3.63, 3.8) is 0 Å². The Hall–Kier alpha value is -0.810. The summed E-state index contributed by atoms with van der Waals surface area (Å²) in [6.07, 6.45) is 11.9. The Kier molecular flexibility index (Phi) is 3.06. The van der Waals surface area contributed by atoms with Crippen LogP contribution in [0.4, 0.5) is 0 Å². The van der Waals surface area contributed by atoms with Crippen LogP contribution in [0.3, 0.4) is 0 Å². The molecule has 2 nitrogen and oxygen atoms in total. The molecule has 4 saturated carbocycles. The molecule has 0 spiro atoms. The Morgan fingerprint density at radius 3 is 2.83 bits per heavy atom. The highest BCUT2D eigenvalue weighted by atomic mass is 16.3. The van der Waals surface area contributed by atoms with Crippen molar-refractivity contribution in [3.05, 3.63) is 11.6 Å². The molecule has 0 aromatic rings. The predicted molar refractivity (Wildman–Crippen MR) is 89.2 cm³/mol. The average Bonchev–Trinajstić information content (AvgIpc) is 3.28. The van der Waals surface area contributed by atoms with E-state index in [1.54, 1.807) is 5.57 Å².